The minimum atomic E-state index is -0.00760. The fourth-order valence-corrected chi connectivity index (χ4v) is 2.61. The van der Waals surface area contributed by atoms with E-state index in [-0.39, 0.29) is 5.54 Å². The zero-order valence-electron chi connectivity index (χ0n) is 11.3. The van der Waals surface area contributed by atoms with E-state index in [9.17, 15) is 0 Å². The summed E-state index contributed by atoms with van der Waals surface area (Å²) in [6.07, 6.45) is 4.82. The molecule has 1 aliphatic rings. The monoisotopic (exact) mass is 249 g/mol. The van der Waals surface area contributed by atoms with Gasteiger partial charge in [0.1, 0.15) is 0 Å². The van der Waals surface area contributed by atoms with Crippen molar-refractivity contribution in [3.8, 4) is 0 Å². The highest BCUT2D eigenvalue weighted by molar-refractivity contribution is 5.09. The lowest BCUT2D eigenvalue weighted by atomic mass is 9.83. The molecule has 1 saturated heterocycles. The molecule has 1 aliphatic heterocycles. The third-order valence-electron chi connectivity index (χ3n) is 4.24. The van der Waals surface area contributed by atoms with E-state index in [2.05, 4.69) is 29.9 Å². The van der Waals surface area contributed by atoms with Crippen molar-refractivity contribution in [1.29, 1.82) is 0 Å². The number of hydrogen-bond donors (Lipinski definition) is 1. The molecule has 1 aromatic rings. The average Bonchev–Trinajstić information content (AvgIpc) is 2.93. The maximum absolute atomic E-state index is 6.03. The maximum Gasteiger partial charge on any atom is 0.0513 e. The second-order valence-electron chi connectivity index (χ2n) is 5.34. The number of pyridine rings is 1. The van der Waals surface area contributed by atoms with Gasteiger partial charge in [-0.15, -0.1) is 0 Å². The largest absolute Gasteiger partial charge is 0.381 e. The number of aromatic nitrogens is 1. The minimum absolute atomic E-state index is 0.00760. The van der Waals surface area contributed by atoms with E-state index >= 15 is 0 Å². The van der Waals surface area contributed by atoms with Crippen LogP contribution in [0.3, 0.4) is 0 Å². The van der Waals surface area contributed by atoms with E-state index in [4.69, 9.17) is 10.5 Å². The van der Waals surface area contributed by atoms with E-state index in [1.807, 2.05) is 12.3 Å². The van der Waals surface area contributed by atoms with Crippen molar-refractivity contribution in [3.05, 3.63) is 30.1 Å². The second kappa shape index (κ2) is 5.78. The first-order valence-electron chi connectivity index (χ1n) is 6.55. The van der Waals surface area contributed by atoms with Crippen LogP contribution in [0.1, 0.15) is 18.9 Å². The second-order valence-corrected chi connectivity index (χ2v) is 5.34. The van der Waals surface area contributed by atoms with Gasteiger partial charge in [0.25, 0.3) is 0 Å². The molecule has 0 aromatic carbocycles. The fourth-order valence-electron chi connectivity index (χ4n) is 2.61. The number of ether oxygens (including phenoxy) is 1. The van der Waals surface area contributed by atoms with Gasteiger partial charge >= 0.3 is 0 Å². The van der Waals surface area contributed by atoms with E-state index < -0.39 is 0 Å². The Morgan fingerprint density at radius 2 is 2.44 bits per heavy atom. The number of rotatable bonds is 5. The molecule has 2 unspecified atom stereocenters. The lowest BCUT2D eigenvalue weighted by molar-refractivity contribution is 0.0608. The normalized spacial score (nSPS) is 23.2. The van der Waals surface area contributed by atoms with Crippen LogP contribution < -0.4 is 5.73 Å². The lowest BCUT2D eigenvalue weighted by Crippen LogP contribution is -2.54. The van der Waals surface area contributed by atoms with Crippen LogP contribution in [0.2, 0.25) is 0 Å². The van der Waals surface area contributed by atoms with Crippen LogP contribution in [0.25, 0.3) is 0 Å². The number of nitrogens with two attached hydrogens (primary N) is 1. The van der Waals surface area contributed by atoms with Gasteiger partial charge in [-0.3, -0.25) is 9.88 Å². The molecule has 2 atom stereocenters. The van der Waals surface area contributed by atoms with Gasteiger partial charge in [0.15, 0.2) is 0 Å². The van der Waals surface area contributed by atoms with Gasteiger partial charge in [0.05, 0.1) is 6.61 Å². The predicted octanol–water partition coefficient (Wildman–Crippen LogP) is 1.27. The van der Waals surface area contributed by atoms with E-state index in [0.29, 0.717) is 12.5 Å². The summed E-state index contributed by atoms with van der Waals surface area (Å²) in [7, 11) is 2.14. The maximum atomic E-state index is 6.03. The first kappa shape index (κ1) is 13.5. The lowest BCUT2D eigenvalue weighted by Gasteiger charge is -2.42. The van der Waals surface area contributed by atoms with Gasteiger partial charge in [-0.2, -0.15) is 0 Å². The van der Waals surface area contributed by atoms with Crippen LogP contribution in [0.4, 0.5) is 0 Å². The molecule has 2 N–H and O–H groups in total. The number of nitrogens with zero attached hydrogens (tertiary/aromatic N) is 2. The van der Waals surface area contributed by atoms with Crippen molar-refractivity contribution in [2.75, 3.05) is 26.8 Å². The summed E-state index contributed by atoms with van der Waals surface area (Å²) in [5.41, 5.74) is 7.24. The van der Waals surface area contributed by atoms with E-state index in [1.54, 1.807) is 6.20 Å². The average molecular weight is 249 g/mol. The van der Waals surface area contributed by atoms with Crippen LogP contribution in [-0.4, -0.2) is 42.2 Å². The Bertz CT molecular complexity index is 365. The summed E-state index contributed by atoms with van der Waals surface area (Å²) in [5, 5.41) is 0. The summed E-state index contributed by atoms with van der Waals surface area (Å²) in [6, 6.07) is 4.08. The standard InChI is InChI=1S/C14H23N3O/c1-14(11-15,13-5-7-18-10-13)17(2)9-12-4-3-6-16-8-12/h3-4,6,8,13H,5,7,9-11,15H2,1-2H3. The van der Waals surface area contributed by atoms with Gasteiger partial charge in [0, 0.05) is 43.5 Å². The van der Waals surface area contributed by atoms with Gasteiger partial charge in [-0.1, -0.05) is 6.07 Å². The minimum Gasteiger partial charge on any atom is -0.381 e. The highest BCUT2D eigenvalue weighted by atomic mass is 16.5. The molecule has 4 heteroatoms. The molecular formula is C14H23N3O. The van der Waals surface area contributed by atoms with Crippen LogP contribution in [0.15, 0.2) is 24.5 Å². The zero-order chi connectivity index (χ0) is 13.0. The number of likely N-dealkylation sites (N-methyl/N-ethyl adjacent to an activating group) is 1. The van der Waals surface area contributed by atoms with Crippen LogP contribution >= 0.6 is 0 Å². The van der Waals surface area contributed by atoms with Crippen LogP contribution in [-0.2, 0) is 11.3 Å². The Kier molecular flexibility index (Phi) is 4.32. The third kappa shape index (κ3) is 2.71. The quantitative estimate of drug-likeness (QED) is 0.854. The molecule has 0 bridgehead atoms. The van der Waals surface area contributed by atoms with Crippen molar-refractivity contribution in [3.63, 3.8) is 0 Å². The Balaban J connectivity index is 2.07. The summed E-state index contributed by atoms with van der Waals surface area (Å²) < 4.78 is 5.51. The predicted molar refractivity (Wildman–Crippen MR) is 72.1 cm³/mol. The first-order valence-corrected chi connectivity index (χ1v) is 6.55. The van der Waals surface area contributed by atoms with Gasteiger partial charge in [-0.05, 0) is 32.0 Å². The molecule has 0 amide bonds. The molecule has 2 rings (SSSR count). The Hall–Kier alpha value is -0.970. The molecular weight excluding hydrogens is 226 g/mol. The SMILES string of the molecule is CN(Cc1cccnc1)C(C)(CN)C1CCOC1. The van der Waals surface area contributed by atoms with Gasteiger partial charge in [-0.25, -0.2) is 0 Å². The number of hydrogen-bond acceptors (Lipinski definition) is 4. The molecule has 100 valence electrons. The summed E-state index contributed by atoms with van der Waals surface area (Å²) in [6.45, 7) is 5.45. The van der Waals surface area contributed by atoms with E-state index in [0.717, 1.165) is 26.2 Å². The molecule has 0 spiro atoms. The Morgan fingerprint density at radius 3 is 3.00 bits per heavy atom. The first-order chi connectivity index (χ1) is 8.66. The summed E-state index contributed by atoms with van der Waals surface area (Å²) in [4.78, 5) is 6.50. The third-order valence-corrected chi connectivity index (χ3v) is 4.24. The topological polar surface area (TPSA) is 51.4 Å². The molecule has 1 fully saturated rings. The van der Waals surface area contributed by atoms with Crippen molar-refractivity contribution in [2.24, 2.45) is 11.7 Å². The molecule has 0 aliphatic carbocycles. The van der Waals surface area contributed by atoms with Crippen molar-refractivity contribution in [1.82, 2.24) is 9.88 Å². The zero-order valence-corrected chi connectivity index (χ0v) is 11.3. The van der Waals surface area contributed by atoms with Crippen LogP contribution in [0, 0.1) is 5.92 Å². The van der Waals surface area contributed by atoms with Crippen molar-refractivity contribution < 1.29 is 4.74 Å². The fraction of sp³-hybridized carbons (Fsp3) is 0.643. The Labute approximate surface area is 109 Å². The van der Waals surface area contributed by atoms with Crippen molar-refractivity contribution >= 4 is 0 Å². The molecule has 18 heavy (non-hydrogen) atoms. The summed E-state index contributed by atoms with van der Waals surface area (Å²) >= 11 is 0. The molecule has 0 radical (unpaired) electrons. The highest BCUT2D eigenvalue weighted by Gasteiger charge is 2.38. The van der Waals surface area contributed by atoms with Crippen LogP contribution in [0.5, 0.6) is 0 Å². The van der Waals surface area contributed by atoms with E-state index in [1.165, 1.54) is 5.56 Å². The summed E-state index contributed by atoms with van der Waals surface area (Å²) in [5.74, 6) is 0.518. The van der Waals surface area contributed by atoms with Gasteiger partial charge in [0.2, 0.25) is 0 Å². The molecule has 0 saturated carbocycles. The van der Waals surface area contributed by atoms with Gasteiger partial charge < -0.3 is 10.5 Å². The smallest absolute Gasteiger partial charge is 0.0513 e. The molecule has 1 aromatic heterocycles. The highest BCUT2D eigenvalue weighted by Crippen LogP contribution is 2.30. The Morgan fingerprint density at radius 1 is 1.61 bits per heavy atom. The molecule has 4 nitrogen and oxygen atoms in total. The molecule has 2 heterocycles. The van der Waals surface area contributed by atoms with Crippen molar-refractivity contribution in [2.45, 2.75) is 25.4 Å².